The molecule has 1 aliphatic heterocycles. The van der Waals surface area contributed by atoms with Gasteiger partial charge in [0.25, 0.3) is 0 Å². The number of carbonyl (C=O) groups excluding carboxylic acids is 2. The van der Waals surface area contributed by atoms with Gasteiger partial charge in [0, 0.05) is 49.2 Å². The molecule has 4 atom stereocenters. The lowest BCUT2D eigenvalue weighted by Gasteiger charge is -2.39. The Balaban J connectivity index is 0.000000325. The van der Waals surface area contributed by atoms with Crippen LogP contribution in [0, 0.1) is 11.6 Å². The number of aromatic nitrogens is 4. The molecule has 0 saturated carbocycles. The van der Waals surface area contributed by atoms with Crippen molar-refractivity contribution < 1.29 is 64.4 Å². The van der Waals surface area contributed by atoms with Gasteiger partial charge in [0.05, 0.1) is 79.7 Å². The lowest BCUT2D eigenvalue weighted by Crippen LogP contribution is -2.45. The Labute approximate surface area is 434 Å². The minimum absolute atomic E-state index is 0.0172. The molecule has 1 aliphatic rings. The van der Waals surface area contributed by atoms with Gasteiger partial charge in [0.1, 0.15) is 17.2 Å². The van der Waals surface area contributed by atoms with Gasteiger partial charge in [-0.05, 0) is 95.0 Å². The van der Waals surface area contributed by atoms with Crippen LogP contribution in [-0.2, 0) is 48.6 Å². The molecule has 1 fully saturated rings. The summed E-state index contributed by atoms with van der Waals surface area (Å²) in [5, 5.41) is 20.3. The summed E-state index contributed by atoms with van der Waals surface area (Å²) >= 11 is 0. The number of sulfonamides is 2. The molecule has 0 unspecified atom stereocenters. The summed E-state index contributed by atoms with van der Waals surface area (Å²) < 4.78 is 100. The van der Waals surface area contributed by atoms with E-state index in [0.29, 0.717) is 51.5 Å². The number of esters is 2. The van der Waals surface area contributed by atoms with E-state index in [1.165, 1.54) is 63.7 Å². The first-order chi connectivity index (χ1) is 34.2. The number of ether oxygens (including phenoxy) is 4. The number of nitrogens with zero attached hydrogens (tertiary/aromatic N) is 6. The zero-order valence-electron chi connectivity index (χ0n) is 44.5. The highest BCUT2D eigenvalue weighted by atomic mass is 32.2. The molecule has 74 heavy (non-hydrogen) atoms. The lowest BCUT2D eigenvalue weighted by atomic mass is 9.97. The maximum atomic E-state index is 13.8. The Kier molecular flexibility index (Phi) is 20.7. The van der Waals surface area contributed by atoms with Crippen LogP contribution in [0.1, 0.15) is 122 Å². The van der Waals surface area contributed by atoms with Crippen molar-refractivity contribution in [2.45, 2.75) is 136 Å². The second kappa shape index (κ2) is 25.2. The van der Waals surface area contributed by atoms with Gasteiger partial charge >= 0.3 is 11.9 Å². The van der Waals surface area contributed by atoms with Gasteiger partial charge in [-0.3, -0.25) is 9.59 Å². The Morgan fingerprint density at radius 2 is 1.22 bits per heavy atom. The van der Waals surface area contributed by atoms with Crippen molar-refractivity contribution in [3.05, 3.63) is 94.8 Å². The average molecular weight is 1070 g/mol. The second-order valence-corrected chi connectivity index (χ2v) is 23.9. The smallest absolute Gasteiger partial charge is 0.308 e. The first-order valence-corrected chi connectivity index (χ1v) is 27.5. The largest absolute Gasteiger partial charge is 0.469 e. The summed E-state index contributed by atoms with van der Waals surface area (Å²) in [6, 6.07) is 11.4. The average Bonchev–Trinajstić information content (AvgIpc) is 3.28. The number of methoxy groups -OCH3 is 1. The van der Waals surface area contributed by atoms with Gasteiger partial charge < -0.3 is 29.2 Å². The van der Waals surface area contributed by atoms with E-state index in [1.54, 1.807) is 32.1 Å². The Morgan fingerprint density at radius 3 is 1.62 bits per heavy atom. The van der Waals surface area contributed by atoms with Crippen LogP contribution in [0.5, 0.6) is 0 Å². The van der Waals surface area contributed by atoms with Gasteiger partial charge in [-0.15, -0.1) is 0 Å². The number of hydrogen-bond donors (Lipinski definition) is 2. The molecule has 0 radical (unpaired) electrons. The molecule has 406 valence electrons. The van der Waals surface area contributed by atoms with Crippen LogP contribution >= 0.6 is 0 Å². The topological polar surface area (TPSA) is 238 Å². The summed E-state index contributed by atoms with van der Waals surface area (Å²) in [5.74, 6) is -3.01. The van der Waals surface area contributed by atoms with Crippen molar-refractivity contribution >= 4 is 56.0 Å². The maximum absolute atomic E-state index is 13.8. The standard InChI is InChI=1S/C29H40FN3O6S.C23H30FN3O6S/c1-18(2)25-23(15-14-21-16-22(38-29(6,7)37-21)17-24(34)39-28(3,4)5)26(19-10-12-20(30)13-11-19)32-27(31-25)33(8)40(9,35)36;1-14(2)21-19(11-10-17(28)12-18(29)13-20(30)33-4)22(15-6-8-16(24)9-7-15)26-23(25-21)27(3)34(5,31)32/h10-15,18,21-22H,16-17H2,1-9H3;6-11,14,17-18,28-29H,12-13H2,1-5H3/b15-14+;11-10+/t21-,22-;17-,18-/m11/s1. The molecular formula is C52H70F2N6O12S2. The third kappa shape index (κ3) is 18.0. The number of aliphatic hydroxyl groups excluding tert-OH is 2. The molecule has 18 nitrogen and oxygen atoms in total. The Morgan fingerprint density at radius 1 is 0.770 bits per heavy atom. The SMILES string of the molecule is CC(C)c1nc(N(C)S(C)(=O)=O)nc(-c2ccc(F)cc2)c1/C=C/[C@@H]1C[C@H](CC(=O)OC(C)(C)C)OC(C)(C)O1.COC(=O)C[C@H](O)C[C@H](O)/C=C/c1c(-c2ccc(F)cc2)nc(N(C)S(C)(=O)=O)nc1C(C)C. The third-order valence-electron chi connectivity index (χ3n) is 11.1. The highest BCUT2D eigenvalue weighted by molar-refractivity contribution is 7.92. The summed E-state index contributed by atoms with van der Waals surface area (Å²) in [7, 11) is -3.33. The summed E-state index contributed by atoms with van der Waals surface area (Å²) in [6.07, 6.45) is 5.94. The number of benzene rings is 2. The van der Waals surface area contributed by atoms with E-state index in [2.05, 4.69) is 24.7 Å². The minimum Gasteiger partial charge on any atom is -0.469 e. The number of carbonyl (C=O) groups is 2. The quantitative estimate of drug-likeness (QED) is 0.0899. The fourth-order valence-corrected chi connectivity index (χ4v) is 8.24. The van der Waals surface area contributed by atoms with Gasteiger partial charge in [0.15, 0.2) is 5.79 Å². The number of halogens is 2. The van der Waals surface area contributed by atoms with Gasteiger partial charge in [-0.1, -0.05) is 52.0 Å². The number of anilines is 2. The van der Waals surface area contributed by atoms with Gasteiger partial charge in [-0.25, -0.2) is 54.2 Å². The molecule has 0 spiro atoms. The molecule has 2 N–H and O–H groups in total. The monoisotopic (exact) mass is 1070 g/mol. The number of aliphatic hydroxyl groups is 2. The fraction of sp³-hybridized carbons (Fsp3) is 0.500. The minimum atomic E-state index is -3.64. The molecule has 2 aromatic carbocycles. The van der Waals surface area contributed by atoms with E-state index in [-0.39, 0.29) is 49.0 Å². The molecule has 0 amide bonds. The van der Waals surface area contributed by atoms with E-state index >= 15 is 0 Å². The van der Waals surface area contributed by atoms with E-state index in [9.17, 15) is 45.4 Å². The molecule has 3 heterocycles. The van der Waals surface area contributed by atoms with Crippen LogP contribution in [0.4, 0.5) is 20.7 Å². The van der Waals surface area contributed by atoms with Crippen molar-refractivity contribution in [1.82, 2.24) is 19.9 Å². The van der Waals surface area contributed by atoms with Crippen molar-refractivity contribution in [3.8, 4) is 22.5 Å². The fourth-order valence-electron chi connectivity index (χ4n) is 7.48. The number of hydrogen-bond acceptors (Lipinski definition) is 16. The normalized spacial score (nSPS) is 17.0. The molecular weight excluding hydrogens is 1000 g/mol. The number of rotatable bonds is 18. The predicted octanol–water partition coefficient (Wildman–Crippen LogP) is 7.95. The molecule has 5 rings (SSSR count). The lowest BCUT2D eigenvalue weighted by molar-refractivity contribution is -0.290. The summed E-state index contributed by atoms with van der Waals surface area (Å²) in [5.41, 5.74) is 3.63. The molecule has 2 aromatic heterocycles. The highest BCUT2D eigenvalue weighted by Crippen LogP contribution is 2.35. The predicted molar refractivity (Wildman–Crippen MR) is 280 cm³/mol. The molecule has 0 aliphatic carbocycles. The maximum Gasteiger partial charge on any atom is 0.308 e. The van der Waals surface area contributed by atoms with Crippen LogP contribution in [0.15, 0.2) is 60.7 Å². The molecule has 1 saturated heterocycles. The third-order valence-corrected chi connectivity index (χ3v) is 13.4. The first kappa shape index (κ1) is 60.8. The van der Waals surface area contributed by atoms with Crippen LogP contribution in [0.2, 0.25) is 0 Å². The van der Waals surface area contributed by atoms with E-state index in [0.717, 1.165) is 21.1 Å². The van der Waals surface area contributed by atoms with Crippen LogP contribution < -0.4 is 8.61 Å². The van der Waals surface area contributed by atoms with Crippen molar-refractivity contribution in [2.75, 3.05) is 42.3 Å². The summed E-state index contributed by atoms with van der Waals surface area (Å²) in [4.78, 5) is 41.9. The molecule has 4 aromatic rings. The zero-order chi connectivity index (χ0) is 55.7. The van der Waals surface area contributed by atoms with Crippen molar-refractivity contribution in [2.24, 2.45) is 0 Å². The van der Waals surface area contributed by atoms with Crippen molar-refractivity contribution in [1.29, 1.82) is 0 Å². The Bertz CT molecular complexity index is 2880. The molecule has 22 heteroatoms. The summed E-state index contributed by atoms with van der Waals surface area (Å²) in [6.45, 7) is 16.7. The highest BCUT2D eigenvalue weighted by Gasteiger charge is 2.36. The van der Waals surface area contributed by atoms with E-state index < -0.39 is 73.5 Å². The van der Waals surface area contributed by atoms with Gasteiger partial charge in [0.2, 0.25) is 31.9 Å². The second-order valence-electron chi connectivity index (χ2n) is 19.9. The Hall–Kier alpha value is -5.78. The van der Waals surface area contributed by atoms with Gasteiger partial charge in [-0.2, -0.15) is 0 Å². The van der Waals surface area contributed by atoms with E-state index in [4.69, 9.17) is 14.2 Å². The van der Waals surface area contributed by atoms with Crippen LogP contribution in [-0.4, -0.2) is 128 Å². The first-order valence-electron chi connectivity index (χ1n) is 23.8. The molecule has 0 bridgehead atoms. The van der Waals surface area contributed by atoms with Crippen LogP contribution in [0.3, 0.4) is 0 Å². The van der Waals surface area contributed by atoms with Crippen molar-refractivity contribution in [3.63, 3.8) is 0 Å². The van der Waals surface area contributed by atoms with E-state index in [1.807, 2.05) is 60.6 Å². The zero-order valence-corrected chi connectivity index (χ0v) is 46.1. The van der Waals surface area contributed by atoms with Crippen LogP contribution in [0.25, 0.3) is 34.7 Å².